The van der Waals surface area contributed by atoms with Crippen molar-refractivity contribution in [2.24, 2.45) is 0 Å². The molecule has 1 atom stereocenters. The van der Waals surface area contributed by atoms with E-state index in [0.717, 1.165) is 5.56 Å². The number of benzene rings is 2. The number of hydrogen-bond acceptors (Lipinski definition) is 6. The van der Waals surface area contributed by atoms with Crippen molar-refractivity contribution in [1.29, 1.82) is 0 Å². The fourth-order valence-corrected chi connectivity index (χ4v) is 3.38. The molecular formula is C21H24ClN3O5S. The number of carbonyl (C=O) groups is 3. The first kappa shape index (κ1) is 24.5. The number of nitrogens with one attached hydrogen (secondary N) is 3. The molecule has 0 unspecified atom stereocenters. The molecule has 2 aromatic rings. The number of carboxylic acid groups (broad SMARTS) is 1. The molecule has 0 aliphatic rings. The SMILES string of the molecule is CSNCCC[C@H](NC(=O)c1ccc(C(=O)NCc2cccc(O)c2)cc1Cl)C(=O)O. The summed E-state index contributed by atoms with van der Waals surface area (Å²) in [4.78, 5) is 36.3. The number of halogens is 1. The molecular weight excluding hydrogens is 442 g/mol. The first-order valence-electron chi connectivity index (χ1n) is 9.47. The zero-order valence-corrected chi connectivity index (χ0v) is 18.4. The molecule has 0 radical (unpaired) electrons. The molecule has 8 nitrogen and oxygen atoms in total. The maximum Gasteiger partial charge on any atom is 0.326 e. The average Bonchev–Trinajstić information content (AvgIpc) is 2.73. The average molecular weight is 466 g/mol. The van der Waals surface area contributed by atoms with E-state index in [1.165, 1.54) is 42.3 Å². The van der Waals surface area contributed by atoms with Gasteiger partial charge in [0.05, 0.1) is 10.6 Å². The highest BCUT2D eigenvalue weighted by atomic mass is 35.5. The van der Waals surface area contributed by atoms with E-state index in [4.69, 9.17) is 11.6 Å². The Bertz CT molecular complexity index is 941. The van der Waals surface area contributed by atoms with Gasteiger partial charge < -0.3 is 20.8 Å². The maximum atomic E-state index is 12.5. The first-order valence-corrected chi connectivity index (χ1v) is 11.1. The van der Waals surface area contributed by atoms with Crippen LogP contribution >= 0.6 is 23.5 Å². The van der Waals surface area contributed by atoms with Gasteiger partial charge in [0.15, 0.2) is 0 Å². The lowest BCUT2D eigenvalue weighted by Crippen LogP contribution is -2.41. The molecule has 2 amide bonds. The second kappa shape index (κ2) is 12.2. The molecule has 0 saturated carbocycles. The number of phenolic OH excluding ortho intramolecular Hbond substituents is 1. The van der Waals surface area contributed by atoms with Crippen LogP contribution in [0.15, 0.2) is 42.5 Å². The number of rotatable bonds is 11. The summed E-state index contributed by atoms with van der Waals surface area (Å²) in [5.41, 5.74) is 1.06. The lowest BCUT2D eigenvalue weighted by molar-refractivity contribution is -0.139. The van der Waals surface area contributed by atoms with Gasteiger partial charge in [-0.2, -0.15) is 0 Å². The van der Waals surface area contributed by atoms with Crippen molar-refractivity contribution < 1.29 is 24.6 Å². The van der Waals surface area contributed by atoms with Gasteiger partial charge in [-0.1, -0.05) is 35.7 Å². The largest absolute Gasteiger partial charge is 0.508 e. The van der Waals surface area contributed by atoms with Gasteiger partial charge in [0.1, 0.15) is 11.8 Å². The van der Waals surface area contributed by atoms with Crippen LogP contribution in [0, 0.1) is 0 Å². The molecule has 0 aliphatic carbocycles. The molecule has 0 heterocycles. The van der Waals surface area contributed by atoms with E-state index < -0.39 is 23.8 Å². The third-order valence-electron chi connectivity index (χ3n) is 4.36. The van der Waals surface area contributed by atoms with E-state index in [1.54, 1.807) is 12.1 Å². The minimum Gasteiger partial charge on any atom is -0.508 e. The fourth-order valence-electron chi connectivity index (χ4n) is 2.77. The molecule has 0 spiro atoms. The Hall–Kier alpha value is -2.75. The van der Waals surface area contributed by atoms with Crippen molar-refractivity contribution in [3.05, 3.63) is 64.2 Å². The molecule has 0 aliphatic heterocycles. The Balaban J connectivity index is 1.99. The number of amides is 2. The summed E-state index contributed by atoms with van der Waals surface area (Å²) in [7, 11) is 0. The number of phenols is 1. The van der Waals surface area contributed by atoms with Crippen molar-refractivity contribution in [2.75, 3.05) is 12.8 Å². The van der Waals surface area contributed by atoms with Gasteiger partial charge in [0.25, 0.3) is 11.8 Å². The van der Waals surface area contributed by atoms with Crippen LogP contribution in [0.25, 0.3) is 0 Å². The lowest BCUT2D eigenvalue weighted by Gasteiger charge is -2.15. The number of carbonyl (C=O) groups excluding carboxylic acids is 2. The van der Waals surface area contributed by atoms with Gasteiger partial charge in [-0.25, -0.2) is 4.79 Å². The van der Waals surface area contributed by atoms with Crippen molar-refractivity contribution in [2.45, 2.75) is 25.4 Å². The second-order valence-electron chi connectivity index (χ2n) is 6.65. The highest BCUT2D eigenvalue weighted by Crippen LogP contribution is 2.19. The Morgan fingerprint density at radius 2 is 1.90 bits per heavy atom. The Labute approximate surface area is 189 Å². The molecule has 2 aromatic carbocycles. The van der Waals surface area contributed by atoms with Crippen LogP contribution in [-0.2, 0) is 11.3 Å². The summed E-state index contributed by atoms with van der Waals surface area (Å²) in [6, 6.07) is 9.64. The van der Waals surface area contributed by atoms with Gasteiger partial charge >= 0.3 is 5.97 Å². The highest BCUT2D eigenvalue weighted by molar-refractivity contribution is 7.96. The van der Waals surface area contributed by atoms with E-state index in [0.29, 0.717) is 13.0 Å². The van der Waals surface area contributed by atoms with Crippen molar-refractivity contribution in [3.8, 4) is 5.75 Å². The van der Waals surface area contributed by atoms with Crippen LogP contribution in [0.1, 0.15) is 39.1 Å². The second-order valence-corrected chi connectivity index (χ2v) is 7.76. The van der Waals surface area contributed by atoms with Crippen LogP contribution in [0.4, 0.5) is 0 Å². The number of aliphatic carboxylic acids is 1. The van der Waals surface area contributed by atoms with Gasteiger partial charge in [-0.15, -0.1) is 0 Å². The minimum absolute atomic E-state index is 0.0377. The first-order chi connectivity index (χ1) is 14.8. The third kappa shape index (κ3) is 7.78. The minimum atomic E-state index is -1.13. The third-order valence-corrected chi connectivity index (χ3v) is 5.16. The van der Waals surface area contributed by atoms with E-state index >= 15 is 0 Å². The lowest BCUT2D eigenvalue weighted by atomic mass is 10.1. The Kier molecular flexibility index (Phi) is 9.64. The molecule has 10 heteroatoms. The predicted molar refractivity (Wildman–Crippen MR) is 120 cm³/mol. The summed E-state index contributed by atoms with van der Waals surface area (Å²) in [5, 5.41) is 24.0. The van der Waals surface area contributed by atoms with E-state index in [1.807, 2.05) is 6.26 Å². The summed E-state index contributed by atoms with van der Waals surface area (Å²) in [6.45, 7) is 0.826. The van der Waals surface area contributed by atoms with Crippen LogP contribution in [0.5, 0.6) is 5.75 Å². The van der Waals surface area contributed by atoms with Crippen molar-refractivity contribution in [3.63, 3.8) is 0 Å². The van der Waals surface area contributed by atoms with Crippen LogP contribution in [0.3, 0.4) is 0 Å². The Morgan fingerprint density at radius 3 is 2.55 bits per heavy atom. The highest BCUT2D eigenvalue weighted by Gasteiger charge is 2.22. The summed E-state index contributed by atoms with van der Waals surface area (Å²) in [6.07, 6.45) is 2.71. The zero-order valence-electron chi connectivity index (χ0n) is 16.9. The summed E-state index contributed by atoms with van der Waals surface area (Å²) >= 11 is 7.62. The number of carboxylic acids is 1. The smallest absolute Gasteiger partial charge is 0.326 e. The van der Waals surface area contributed by atoms with Gasteiger partial charge in [-0.3, -0.25) is 14.3 Å². The molecule has 2 rings (SSSR count). The molecule has 0 aromatic heterocycles. The molecule has 0 fully saturated rings. The van der Waals surface area contributed by atoms with Gasteiger partial charge in [-0.05, 0) is 55.0 Å². The van der Waals surface area contributed by atoms with Crippen molar-refractivity contribution >= 4 is 41.3 Å². The standard InChI is InChI=1S/C21H24ClN3O5S/c1-31-24-9-3-6-18(21(29)30)25-20(28)16-8-7-14(11-17(16)22)19(27)23-12-13-4-2-5-15(26)10-13/h2,4-5,7-8,10-11,18,24,26H,3,6,9,12H2,1H3,(H,23,27)(H,25,28)(H,29,30)/t18-/m0/s1. The van der Waals surface area contributed by atoms with E-state index in [2.05, 4.69) is 15.4 Å². The van der Waals surface area contributed by atoms with Crippen LogP contribution < -0.4 is 15.4 Å². The van der Waals surface area contributed by atoms with E-state index in [9.17, 15) is 24.6 Å². The molecule has 5 N–H and O–H groups in total. The van der Waals surface area contributed by atoms with Gasteiger partial charge in [0.2, 0.25) is 0 Å². The van der Waals surface area contributed by atoms with Crippen LogP contribution in [0.2, 0.25) is 5.02 Å². The van der Waals surface area contributed by atoms with Crippen LogP contribution in [-0.4, -0.2) is 46.8 Å². The molecule has 166 valence electrons. The maximum absolute atomic E-state index is 12.5. The number of hydrogen-bond donors (Lipinski definition) is 5. The van der Waals surface area contributed by atoms with Gasteiger partial charge in [0, 0.05) is 18.7 Å². The predicted octanol–water partition coefficient (Wildman–Crippen LogP) is 2.81. The molecule has 31 heavy (non-hydrogen) atoms. The topological polar surface area (TPSA) is 128 Å². The van der Waals surface area contributed by atoms with Crippen molar-refractivity contribution in [1.82, 2.24) is 15.4 Å². The van der Waals surface area contributed by atoms with E-state index in [-0.39, 0.29) is 34.9 Å². The monoisotopic (exact) mass is 465 g/mol. The summed E-state index contributed by atoms with van der Waals surface area (Å²) in [5.74, 6) is -2.05. The fraction of sp³-hybridized carbons (Fsp3) is 0.286. The molecule has 0 bridgehead atoms. The zero-order chi connectivity index (χ0) is 22.8. The normalized spacial score (nSPS) is 11.5. The summed E-state index contributed by atoms with van der Waals surface area (Å²) < 4.78 is 3.02. The number of aromatic hydroxyl groups is 1. The quantitative estimate of drug-likeness (QED) is 0.255. The molecule has 0 saturated heterocycles. The Morgan fingerprint density at radius 1 is 1.13 bits per heavy atom.